The Balaban J connectivity index is 1.72. The molecule has 152 valence electrons. The second-order valence-electron chi connectivity index (χ2n) is 8.86. The Labute approximate surface area is 169 Å². The lowest BCUT2D eigenvalue weighted by atomic mass is 9.53. The van der Waals surface area contributed by atoms with Crippen molar-refractivity contribution < 1.29 is 23.8 Å². The van der Waals surface area contributed by atoms with E-state index in [1.165, 1.54) is 0 Å². The van der Waals surface area contributed by atoms with Crippen molar-refractivity contribution >= 4 is 17.6 Å². The summed E-state index contributed by atoms with van der Waals surface area (Å²) in [5.74, 6) is 1.15. The average molecular weight is 396 g/mol. The van der Waals surface area contributed by atoms with Crippen LogP contribution in [0.4, 0.5) is 5.69 Å². The molecule has 7 heteroatoms. The number of rotatable bonds is 2. The summed E-state index contributed by atoms with van der Waals surface area (Å²) in [6, 6.07) is 3.82. The monoisotopic (exact) mass is 396 g/mol. The van der Waals surface area contributed by atoms with Gasteiger partial charge in [0.25, 0.3) is 0 Å². The SMILES string of the molecule is COc1ccc2c(c1OC)N(C)[C@@H]1C=C[C@@]34CCCN5C(=O)C[C@@]21[C@]53OC(=O)C4. The van der Waals surface area contributed by atoms with E-state index in [4.69, 9.17) is 14.2 Å². The van der Waals surface area contributed by atoms with Gasteiger partial charge in [-0.25, -0.2) is 0 Å². The number of carbonyl (C=O) groups is 2. The van der Waals surface area contributed by atoms with Gasteiger partial charge in [-0.15, -0.1) is 0 Å². The van der Waals surface area contributed by atoms with Crippen molar-refractivity contribution in [1.29, 1.82) is 0 Å². The summed E-state index contributed by atoms with van der Waals surface area (Å²) in [4.78, 5) is 30.1. The van der Waals surface area contributed by atoms with Crippen molar-refractivity contribution in [3.63, 3.8) is 0 Å². The fraction of sp³-hybridized carbons (Fsp3) is 0.545. The lowest BCUT2D eigenvalue weighted by Gasteiger charge is -2.58. The van der Waals surface area contributed by atoms with E-state index in [0.717, 1.165) is 24.1 Å². The number of nitrogens with zero attached hydrogens (tertiary/aromatic N) is 2. The number of esters is 1. The Morgan fingerprint density at radius 2 is 2.00 bits per heavy atom. The highest BCUT2D eigenvalue weighted by atomic mass is 16.6. The molecule has 3 saturated heterocycles. The molecule has 5 aliphatic rings. The molecular weight excluding hydrogens is 372 g/mol. The highest BCUT2D eigenvalue weighted by Gasteiger charge is 2.83. The first-order valence-corrected chi connectivity index (χ1v) is 10.2. The standard InChI is InChI=1S/C22H24N2O5/c1-23-15-7-9-20-8-4-10-24-16(25)11-21(15,22(20,24)29-17(26)12-20)13-5-6-14(27-2)19(28-3)18(13)23/h5-7,9,15H,4,8,10-12H2,1-3H3/t15-,20-,21-,22+/m1/s1. The molecule has 6 rings (SSSR count). The molecule has 0 unspecified atom stereocenters. The molecule has 1 amide bonds. The molecule has 0 saturated carbocycles. The predicted molar refractivity (Wildman–Crippen MR) is 104 cm³/mol. The minimum Gasteiger partial charge on any atom is -0.493 e. The van der Waals surface area contributed by atoms with E-state index < -0.39 is 16.6 Å². The third kappa shape index (κ3) is 1.54. The second-order valence-corrected chi connectivity index (χ2v) is 8.86. The van der Waals surface area contributed by atoms with Gasteiger partial charge in [0.15, 0.2) is 11.5 Å². The summed E-state index contributed by atoms with van der Waals surface area (Å²) in [6.07, 6.45) is 6.73. The predicted octanol–water partition coefficient (Wildman–Crippen LogP) is 1.99. The van der Waals surface area contributed by atoms with Gasteiger partial charge in [-0.05, 0) is 24.5 Å². The molecule has 1 aliphatic carbocycles. The Kier molecular flexibility index (Phi) is 3.00. The van der Waals surface area contributed by atoms with Gasteiger partial charge in [0.2, 0.25) is 11.6 Å². The average Bonchev–Trinajstić information content (AvgIpc) is 3.25. The van der Waals surface area contributed by atoms with Crippen molar-refractivity contribution in [2.75, 3.05) is 32.7 Å². The van der Waals surface area contributed by atoms with Crippen molar-refractivity contribution in [3.05, 3.63) is 29.8 Å². The number of likely N-dealkylation sites (N-methyl/N-ethyl adjacent to an activating group) is 1. The molecule has 3 fully saturated rings. The largest absolute Gasteiger partial charge is 0.493 e. The Hall–Kier alpha value is -2.70. The highest BCUT2D eigenvalue weighted by Crippen LogP contribution is 2.72. The zero-order chi connectivity index (χ0) is 20.2. The summed E-state index contributed by atoms with van der Waals surface area (Å²) in [7, 11) is 5.27. The van der Waals surface area contributed by atoms with Crippen LogP contribution in [0.5, 0.6) is 11.5 Å². The first-order chi connectivity index (χ1) is 14.0. The fourth-order valence-corrected chi connectivity index (χ4v) is 7.16. The van der Waals surface area contributed by atoms with E-state index in [1.54, 1.807) is 14.2 Å². The maximum absolute atomic E-state index is 13.4. The van der Waals surface area contributed by atoms with Crippen molar-refractivity contribution in [2.24, 2.45) is 5.41 Å². The number of carbonyl (C=O) groups excluding carboxylic acids is 2. The third-order valence-corrected chi connectivity index (χ3v) is 7.99. The van der Waals surface area contributed by atoms with Gasteiger partial charge in [-0.2, -0.15) is 0 Å². The Morgan fingerprint density at radius 1 is 1.17 bits per heavy atom. The quantitative estimate of drug-likeness (QED) is 0.563. The van der Waals surface area contributed by atoms with E-state index >= 15 is 0 Å². The van der Waals surface area contributed by atoms with Crippen LogP contribution < -0.4 is 14.4 Å². The van der Waals surface area contributed by atoms with Crippen LogP contribution in [0, 0.1) is 5.41 Å². The zero-order valence-corrected chi connectivity index (χ0v) is 16.9. The van der Waals surface area contributed by atoms with Crippen LogP contribution in [0.15, 0.2) is 24.3 Å². The van der Waals surface area contributed by atoms with Crippen LogP contribution in [0.3, 0.4) is 0 Å². The molecule has 0 aromatic heterocycles. The van der Waals surface area contributed by atoms with Gasteiger partial charge in [-0.3, -0.25) is 9.59 Å². The summed E-state index contributed by atoms with van der Waals surface area (Å²) >= 11 is 0. The molecule has 4 aliphatic heterocycles. The van der Waals surface area contributed by atoms with Gasteiger partial charge in [0, 0.05) is 20.0 Å². The topological polar surface area (TPSA) is 68.3 Å². The summed E-state index contributed by atoms with van der Waals surface area (Å²) in [5, 5.41) is 0. The number of hydrogen-bond donors (Lipinski definition) is 0. The van der Waals surface area contributed by atoms with E-state index in [9.17, 15) is 9.59 Å². The Morgan fingerprint density at radius 3 is 2.76 bits per heavy atom. The molecular formula is C22H24N2O5. The maximum Gasteiger partial charge on any atom is 0.309 e. The molecule has 0 bridgehead atoms. The lowest BCUT2D eigenvalue weighted by molar-refractivity contribution is -0.208. The van der Waals surface area contributed by atoms with E-state index in [0.29, 0.717) is 30.9 Å². The van der Waals surface area contributed by atoms with Crippen molar-refractivity contribution in [3.8, 4) is 11.5 Å². The number of fused-ring (bicyclic) bond motifs is 1. The van der Waals surface area contributed by atoms with Crippen LogP contribution in [0.1, 0.15) is 31.2 Å². The number of ether oxygens (including phenoxy) is 3. The number of methoxy groups -OCH3 is 2. The minimum atomic E-state index is -0.967. The molecule has 29 heavy (non-hydrogen) atoms. The van der Waals surface area contributed by atoms with Gasteiger partial charge in [-0.1, -0.05) is 18.2 Å². The van der Waals surface area contributed by atoms with Crippen LogP contribution in [-0.2, 0) is 19.7 Å². The Bertz CT molecular complexity index is 1010. The van der Waals surface area contributed by atoms with Crippen LogP contribution >= 0.6 is 0 Å². The molecule has 0 radical (unpaired) electrons. The van der Waals surface area contributed by atoms with Crippen molar-refractivity contribution in [2.45, 2.75) is 42.9 Å². The number of hydrogen-bond acceptors (Lipinski definition) is 6. The molecule has 1 aromatic carbocycles. The fourth-order valence-electron chi connectivity index (χ4n) is 7.16. The molecule has 1 aromatic rings. The summed E-state index contributed by atoms with van der Waals surface area (Å²) < 4.78 is 17.6. The van der Waals surface area contributed by atoms with Gasteiger partial charge < -0.3 is 24.0 Å². The second kappa shape index (κ2) is 5.07. The van der Waals surface area contributed by atoms with E-state index in [-0.39, 0.29) is 17.9 Å². The van der Waals surface area contributed by atoms with Gasteiger partial charge in [0.1, 0.15) is 0 Å². The normalized spacial score (nSPS) is 38.4. The van der Waals surface area contributed by atoms with Gasteiger partial charge in [0.05, 0.1) is 43.2 Å². The van der Waals surface area contributed by atoms with Crippen LogP contribution in [-0.4, -0.2) is 56.4 Å². The van der Waals surface area contributed by atoms with E-state index in [1.807, 2.05) is 24.1 Å². The molecule has 7 nitrogen and oxygen atoms in total. The first kappa shape index (κ1) is 17.2. The molecule has 0 N–H and O–H groups in total. The molecule has 4 heterocycles. The summed E-state index contributed by atoms with van der Waals surface area (Å²) in [6.45, 7) is 0.627. The number of anilines is 1. The van der Waals surface area contributed by atoms with Crippen LogP contribution in [0.25, 0.3) is 0 Å². The first-order valence-electron chi connectivity index (χ1n) is 10.2. The number of piperidine rings is 1. The number of benzene rings is 1. The number of amides is 1. The molecule has 2 spiro atoms. The third-order valence-electron chi connectivity index (χ3n) is 7.99. The van der Waals surface area contributed by atoms with Gasteiger partial charge >= 0.3 is 5.97 Å². The molecule has 4 atom stereocenters. The van der Waals surface area contributed by atoms with Crippen LogP contribution in [0.2, 0.25) is 0 Å². The van der Waals surface area contributed by atoms with Crippen molar-refractivity contribution in [1.82, 2.24) is 4.90 Å². The summed E-state index contributed by atoms with van der Waals surface area (Å²) in [5.41, 5.74) is -0.181. The van der Waals surface area contributed by atoms with E-state index in [2.05, 4.69) is 17.1 Å². The lowest BCUT2D eigenvalue weighted by Crippen LogP contribution is -2.71. The highest BCUT2D eigenvalue weighted by molar-refractivity contribution is 5.91. The zero-order valence-electron chi connectivity index (χ0n) is 16.9. The maximum atomic E-state index is 13.4. The smallest absolute Gasteiger partial charge is 0.309 e. The minimum absolute atomic E-state index is 0.0634.